The van der Waals surface area contributed by atoms with Crippen molar-refractivity contribution in [2.75, 3.05) is 5.32 Å². The van der Waals surface area contributed by atoms with Crippen LogP contribution in [0.2, 0.25) is 5.02 Å². The molecule has 0 unspecified atom stereocenters. The maximum absolute atomic E-state index is 12.1. The lowest BCUT2D eigenvalue weighted by Crippen LogP contribution is -2.14. The molecule has 3 rings (SSSR count). The van der Waals surface area contributed by atoms with Crippen molar-refractivity contribution in [2.24, 2.45) is 0 Å². The molecule has 4 nitrogen and oxygen atoms in total. The molecule has 1 heterocycles. The highest BCUT2D eigenvalue weighted by Gasteiger charge is 2.09. The molecule has 0 radical (unpaired) electrons. The summed E-state index contributed by atoms with van der Waals surface area (Å²) in [7, 11) is 0. The van der Waals surface area contributed by atoms with Crippen LogP contribution in [0, 0.1) is 11.3 Å². The number of amides is 1. The lowest BCUT2D eigenvalue weighted by Gasteiger charge is -2.03. The maximum atomic E-state index is 12.1. The third-order valence-electron chi connectivity index (χ3n) is 3.48. The van der Waals surface area contributed by atoms with E-state index in [2.05, 4.69) is 10.3 Å². The molecular weight excluding hydrogens is 354 g/mol. The first-order chi connectivity index (χ1) is 12.1. The van der Waals surface area contributed by atoms with E-state index < -0.39 is 0 Å². The van der Waals surface area contributed by atoms with Crippen LogP contribution in [-0.4, -0.2) is 10.9 Å². The Morgan fingerprint density at radius 1 is 1.24 bits per heavy atom. The second-order valence-electron chi connectivity index (χ2n) is 5.45. The molecule has 3 aromatic rings. The van der Waals surface area contributed by atoms with Crippen LogP contribution >= 0.6 is 22.9 Å². The predicted molar refractivity (Wildman–Crippen MR) is 99.9 cm³/mol. The number of thiazole rings is 1. The molecule has 0 saturated heterocycles. The fourth-order valence-electron chi connectivity index (χ4n) is 2.33. The third kappa shape index (κ3) is 4.90. The normalized spacial score (nSPS) is 10.2. The molecule has 1 aromatic heterocycles. The van der Waals surface area contributed by atoms with Gasteiger partial charge >= 0.3 is 0 Å². The van der Waals surface area contributed by atoms with Crippen molar-refractivity contribution in [2.45, 2.75) is 12.8 Å². The Hall–Kier alpha value is -2.68. The molecule has 0 aliphatic carbocycles. The molecule has 2 aromatic carbocycles. The Balaban J connectivity index is 1.58. The van der Waals surface area contributed by atoms with Crippen LogP contribution in [0.25, 0.3) is 0 Å². The van der Waals surface area contributed by atoms with Gasteiger partial charge in [-0.25, -0.2) is 4.98 Å². The van der Waals surface area contributed by atoms with E-state index in [9.17, 15) is 4.79 Å². The summed E-state index contributed by atoms with van der Waals surface area (Å²) in [5, 5.41) is 15.1. The topological polar surface area (TPSA) is 65.8 Å². The number of nitrogens with one attached hydrogen (secondary N) is 1. The van der Waals surface area contributed by atoms with Crippen LogP contribution in [0.1, 0.15) is 21.8 Å². The van der Waals surface area contributed by atoms with Crippen LogP contribution in [0.3, 0.4) is 0 Å². The van der Waals surface area contributed by atoms with Gasteiger partial charge in [0.25, 0.3) is 0 Å². The van der Waals surface area contributed by atoms with Gasteiger partial charge in [-0.05, 0) is 42.0 Å². The largest absolute Gasteiger partial charge is 0.326 e. The zero-order chi connectivity index (χ0) is 17.6. The van der Waals surface area contributed by atoms with Crippen molar-refractivity contribution in [3.63, 3.8) is 0 Å². The molecule has 0 atom stereocenters. The Kier molecular flexibility index (Phi) is 5.44. The number of halogens is 1. The number of benzene rings is 2. The summed E-state index contributed by atoms with van der Waals surface area (Å²) in [4.78, 5) is 16.6. The van der Waals surface area contributed by atoms with Gasteiger partial charge in [0.2, 0.25) is 5.91 Å². The summed E-state index contributed by atoms with van der Waals surface area (Å²) < 4.78 is 0. The zero-order valence-corrected chi connectivity index (χ0v) is 14.8. The highest BCUT2D eigenvalue weighted by Crippen LogP contribution is 2.18. The lowest BCUT2D eigenvalue weighted by atomic mass is 10.2. The van der Waals surface area contributed by atoms with Crippen molar-refractivity contribution in [1.29, 1.82) is 5.26 Å². The second-order valence-corrected chi connectivity index (χ2v) is 6.83. The average Bonchev–Trinajstić information content (AvgIpc) is 3.02. The van der Waals surface area contributed by atoms with Crippen LogP contribution < -0.4 is 5.32 Å². The van der Waals surface area contributed by atoms with Crippen molar-refractivity contribution in [3.05, 3.63) is 80.8 Å². The molecule has 0 bridgehead atoms. The molecule has 0 aliphatic heterocycles. The zero-order valence-electron chi connectivity index (χ0n) is 13.2. The van der Waals surface area contributed by atoms with Crippen LogP contribution in [0.15, 0.2) is 53.9 Å². The van der Waals surface area contributed by atoms with E-state index in [1.165, 1.54) is 11.3 Å². The second kappa shape index (κ2) is 7.93. The number of hydrogen-bond donors (Lipinski definition) is 1. The minimum absolute atomic E-state index is 0.135. The Labute approximate surface area is 154 Å². The summed E-state index contributed by atoms with van der Waals surface area (Å²) in [5.74, 6) is -0.135. The number of hydrogen-bond acceptors (Lipinski definition) is 4. The minimum atomic E-state index is -0.135. The van der Waals surface area contributed by atoms with Gasteiger partial charge in [-0.1, -0.05) is 23.7 Å². The van der Waals surface area contributed by atoms with E-state index in [0.29, 0.717) is 22.7 Å². The molecule has 1 N–H and O–H groups in total. The Morgan fingerprint density at radius 3 is 2.76 bits per heavy atom. The minimum Gasteiger partial charge on any atom is -0.326 e. The predicted octanol–water partition coefficient (Wildman–Crippen LogP) is 4.44. The van der Waals surface area contributed by atoms with Gasteiger partial charge < -0.3 is 5.32 Å². The van der Waals surface area contributed by atoms with E-state index >= 15 is 0 Å². The first-order valence-corrected chi connectivity index (χ1v) is 8.86. The van der Waals surface area contributed by atoms with Crippen LogP contribution in [0.4, 0.5) is 5.69 Å². The number of anilines is 1. The Morgan fingerprint density at radius 2 is 2.04 bits per heavy atom. The highest BCUT2D eigenvalue weighted by molar-refractivity contribution is 7.09. The number of rotatable bonds is 5. The van der Waals surface area contributed by atoms with Crippen LogP contribution in [-0.2, 0) is 17.6 Å². The van der Waals surface area contributed by atoms with Crippen molar-refractivity contribution >= 4 is 34.5 Å². The monoisotopic (exact) mass is 367 g/mol. The summed E-state index contributed by atoms with van der Waals surface area (Å²) in [6.45, 7) is 0. The molecule has 0 saturated carbocycles. The standard InChI is InChI=1S/C19H14ClN3OS/c20-15-3-1-2-14(8-15)9-19-23-17(12-25-19)10-18(24)22-16-6-4-13(11-21)5-7-16/h1-8,12H,9-10H2,(H,22,24). The number of aromatic nitrogens is 1. The van der Waals surface area contributed by atoms with E-state index in [0.717, 1.165) is 16.3 Å². The third-order valence-corrected chi connectivity index (χ3v) is 4.62. The number of nitrogens with zero attached hydrogens (tertiary/aromatic N) is 2. The fourth-order valence-corrected chi connectivity index (χ4v) is 3.37. The summed E-state index contributed by atoms with van der Waals surface area (Å²) in [6, 6.07) is 16.5. The van der Waals surface area contributed by atoms with Gasteiger partial charge in [-0.3, -0.25) is 4.79 Å². The van der Waals surface area contributed by atoms with Crippen molar-refractivity contribution in [1.82, 2.24) is 4.98 Å². The molecular formula is C19H14ClN3OS. The molecule has 25 heavy (non-hydrogen) atoms. The first-order valence-electron chi connectivity index (χ1n) is 7.60. The number of carbonyl (C=O) groups is 1. The quantitative estimate of drug-likeness (QED) is 0.724. The maximum Gasteiger partial charge on any atom is 0.230 e. The lowest BCUT2D eigenvalue weighted by molar-refractivity contribution is -0.115. The first kappa shape index (κ1) is 17.2. The van der Waals surface area contributed by atoms with E-state index in [4.69, 9.17) is 16.9 Å². The van der Waals surface area contributed by atoms with Gasteiger partial charge in [0.15, 0.2) is 0 Å². The van der Waals surface area contributed by atoms with Crippen molar-refractivity contribution < 1.29 is 4.79 Å². The van der Waals surface area contributed by atoms with Gasteiger partial charge in [-0.15, -0.1) is 11.3 Å². The number of nitriles is 1. The average molecular weight is 368 g/mol. The van der Waals surface area contributed by atoms with Crippen molar-refractivity contribution in [3.8, 4) is 6.07 Å². The van der Waals surface area contributed by atoms with Gasteiger partial charge in [-0.2, -0.15) is 5.26 Å². The van der Waals surface area contributed by atoms with E-state index in [-0.39, 0.29) is 12.3 Å². The highest BCUT2D eigenvalue weighted by atomic mass is 35.5. The fraction of sp³-hybridized carbons (Fsp3) is 0.105. The molecule has 1 amide bonds. The summed E-state index contributed by atoms with van der Waals surface area (Å²) in [5.41, 5.74) is 3.06. The van der Waals surface area contributed by atoms with E-state index in [1.807, 2.05) is 35.7 Å². The van der Waals surface area contributed by atoms with E-state index in [1.54, 1.807) is 24.3 Å². The van der Waals surface area contributed by atoms with Gasteiger partial charge in [0.05, 0.1) is 28.8 Å². The molecule has 0 aliphatic rings. The molecule has 0 spiro atoms. The summed E-state index contributed by atoms with van der Waals surface area (Å²) >= 11 is 7.53. The van der Waals surface area contributed by atoms with Gasteiger partial charge in [0, 0.05) is 22.5 Å². The molecule has 6 heteroatoms. The number of carbonyl (C=O) groups excluding carboxylic acids is 1. The SMILES string of the molecule is N#Cc1ccc(NC(=O)Cc2csc(Cc3cccc(Cl)c3)n2)cc1. The molecule has 124 valence electrons. The van der Waals surface area contributed by atoms with Gasteiger partial charge in [0.1, 0.15) is 0 Å². The smallest absolute Gasteiger partial charge is 0.230 e. The van der Waals surface area contributed by atoms with Crippen LogP contribution in [0.5, 0.6) is 0 Å². The summed E-state index contributed by atoms with van der Waals surface area (Å²) in [6.07, 6.45) is 0.911. The Bertz CT molecular complexity index is 928. The molecule has 0 fully saturated rings.